The molecule has 0 spiro atoms. The highest BCUT2D eigenvalue weighted by Gasteiger charge is 2.11. The Morgan fingerprint density at radius 1 is 1.24 bits per heavy atom. The molecule has 25 heavy (non-hydrogen) atoms. The van der Waals surface area contributed by atoms with Crippen molar-refractivity contribution in [3.8, 4) is 11.5 Å². The smallest absolute Gasteiger partial charge is 0.365 e. The highest BCUT2D eigenvalue weighted by Crippen LogP contribution is 2.32. The van der Waals surface area contributed by atoms with E-state index in [0.717, 1.165) is 5.56 Å². The van der Waals surface area contributed by atoms with Crippen molar-refractivity contribution in [3.63, 3.8) is 0 Å². The fourth-order valence-corrected chi connectivity index (χ4v) is 2.56. The zero-order valence-electron chi connectivity index (χ0n) is 13.5. The predicted molar refractivity (Wildman–Crippen MR) is 96.4 cm³/mol. The first-order valence-corrected chi connectivity index (χ1v) is 7.89. The van der Waals surface area contributed by atoms with Gasteiger partial charge in [-0.05, 0) is 18.2 Å². The number of H-pyrrole nitrogens is 1. The molecule has 0 bridgehead atoms. The Kier molecular flexibility index (Phi) is 4.95. The quantitative estimate of drug-likeness (QED) is 0.761. The van der Waals surface area contributed by atoms with E-state index in [-0.39, 0.29) is 6.61 Å². The summed E-state index contributed by atoms with van der Waals surface area (Å²) < 4.78 is 16.1. The Balaban J connectivity index is 2.03. The molecule has 0 saturated heterocycles. The van der Waals surface area contributed by atoms with E-state index in [1.165, 1.54) is 0 Å². The number of halogens is 1. The van der Waals surface area contributed by atoms with Gasteiger partial charge in [-0.1, -0.05) is 48.5 Å². The van der Waals surface area contributed by atoms with E-state index in [9.17, 15) is 4.79 Å². The van der Waals surface area contributed by atoms with Crippen molar-refractivity contribution in [2.24, 2.45) is 0 Å². The molecule has 1 aromatic heterocycles. The minimum absolute atomic E-state index is 0.264. The average molecular weight is 358 g/mol. The van der Waals surface area contributed by atoms with E-state index in [2.05, 4.69) is 11.7 Å². The second-order valence-electron chi connectivity index (χ2n) is 5.29. The van der Waals surface area contributed by atoms with Gasteiger partial charge in [0, 0.05) is 16.1 Å². The summed E-state index contributed by atoms with van der Waals surface area (Å²) in [7, 11) is 1.55. The van der Waals surface area contributed by atoms with Gasteiger partial charge in [0.25, 0.3) is 0 Å². The molecule has 0 saturated carbocycles. The van der Waals surface area contributed by atoms with Crippen LogP contribution in [0.2, 0.25) is 5.02 Å². The molecular formula is C19H16ClNO4. The maximum Gasteiger partial charge on any atom is 0.365 e. The Morgan fingerprint density at radius 2 is 2.04 bits per heavy atom. The van der Waals surface area contributed by atoms with Gasteiger partial charge in [-0.3, -0.25) is 0 Å². The number of benzene rings is 2. The van der Waals surface area contributed by atoms with Crippen LogP contribution >= 0.6 is 11.6 Å². The lowest BCUT2D eigenvalue weighted by Gasteiger charge is -2.14. The SMILES string of the molecule is C=c1[nH]oc(=O)c1=Cc1cccc(OC)c1OCc1ccccc1Cl. The topological polar surface area (TPSA) is 64.5 Å². The van der Waals surface area contributed by atoms with Gasteiger partial charge in [-0.25, -0.2) is 9.95 Å². The molecule has 5 nitrogen and oxygen atoms in total. The Morgan fingerprint density at radius 3 is 2.72 bits per heavy atom. The van der Waals surface area contributed by atoms with Crippen molar-refractivity contribution in [1.29, 1.82) is 0 Å². The van der Waals surface area contributed by atoms with Crippen LogP contribution in [-0.4, -0.2) is 12.3 Å². The van der Waals surface area contributed by atoms with Crippen LogP contribution in [0.1, 0.15) is 11.1 Å². The summed E-state index contributed by atoms with van der Waals surface area (Å²) in [6, 6.07) is 12.8. The third kappa shape index (κ3) is 3.61. The number of rotatable bonds is 5. The van der Waals surface area contributed by atoms with Gasteiger partial charge >= 0.3 is 5.63 Å². The number of para-hydroxylation sites is 1. The first-order valence-electron chi connectivity index (χ1n) is 7.51. The standard InChI is InChI=1S/C19H16ClNO4/c1-12-15(19(22)25-21-12)10-13-7-5-9-17(23-2)18(13)24-11-14-6-3-4-8-16(14)20/h3-10,21H,1,11H2,2H3. The Bertz CT molecular complexity index is 1020. The van der Waals surface area contributed by atoms with Crippen molar-refractivity contribution in [2.45, 2.75) is 6.61 Å². The third-order valence-electron chi connectivity index (χ3n) is 3.67. The average Bonchev–Trinajstić information content (AvgIpc) is 2.93. The zero-order chi connectivity index (χ0) is 17.8. The molecule has 0 aliphatic rings. The minimum atomic E-state index is -0.495. The Labute approximate surface area is 148 Å². The molecule has 2 aromatic carbocycles. The van der Waals surface area contributed by atoms with Crippen LogP contribution in [0.25, 0.3) is 12.7 Å². The molecule has 0 radical (unpaired) electrons. The van der Waals surface area contributed by atoms with Crippen LogP contribution in [0.15, 0.2) is 51.8 Å². The number of hydrogen-bond donors (Lipinski definition) is 1. The van der Waals surface area contributed by atoms with Gasteiger partial charge in [0.15, 0.2) is 11.5 Å². The molecule has 128 valence electrons. The van der Waals surface area contributed by atoms with E-state index in [0.29, 0.717) is 32.7 Å². The maximum absolute atomic E-state index is 11.8. The first-order chi connectivity index (χ1) is 12.1. The van der Waals surface area contributed by atoms with Crippen molar-refractivity contribution in [1.82, 2.24) is 5.16 Å². The molecule has 0 aliphatic heterocycles. The molecular weight excluding hydrogens is 342 g/mol. The van der Waals surface area contributed by atoms with Gasteiger partial charge in [0.2, 0.25) is 0 Å². The molecule has 1 heterocycles. The summed E-state index contributed by atoms with van der Waals surface area (Å²) >= 11 is 6.18. The van der Waals surface area contributed by atoms with Crippen LogP contribution in [0, 0.1) is 0 Å². The number of aromatic nitrogens is 1. The van der Waals surface area contributed by atoms with Crippen molar-refractivity contribution < 1.29 is 14.0 Å². The van der Waals surface area contributed by atoms with Crippen molar-refractivity contribution in [3.05, 3.63) is 79.6 Å². The monoisotopic (exact) mass is 357 g/mol. The molecule has 0 amide bonds. The summed E-state index contributed by atoms with van der Waals surface area (Å²) in [5.41, 5.74) is 1.02. The summed E-state index contributed by atoms with van der Waals surface area (Å²) in [4.78, 5) is 11.8. The number of nitrogens with one attached hydrogen (secondary N) is 1. The molecule has 3 rings (SSSR count). The van der Waals surface area contributed by atoms with Gasteiger partial charge in [-0.15, -0.1) is 0 Å². The summed E-state index contributed by atoms with van der Waals surface area (Å²) in [5, 5.41) is 3.79. The van der Waals surface area contributed by atoms with Gasteiger partial charge < -0.3 is 14.0 Å². The highest BCUT2D eigenvalue weighted by atomic mass is 35.5. The number of ether oxygens (including phenoxy) is 2. The van der Waals surface area contributed by atoms with Gasteiger partial charge in [0.1, 0.15) is 6.61 Å². The fraction of sp³-hybridized carbons (Fsp3) is 0.105. The lowest BCUT2D eigenvalue weighted by Crippen LogP contribution is -2.31. The van der Waals surface area contributed by atoms with E-state index in [1.54, 1.807) is 25.3 Å². The van der Waals surface area contributed by atoms with Crippen LogP contribution < -0.4 is 25.7 Å². The lowest BCUT2D eigenvalue weighted by molar-refractivity contribution is 0.284. The van der Waals surface area contributed by atoms with E-state index >= 15 is 0 Å². The predicted octanol–water partition coefficient (Wildman–Crippen LogP) is 2.45. The molecule has 0 aliphatic carbocycles. The van der Waals surface area contributed by atoms with Crippen molar-refractivity contribution >= 4 is 24.3 Å². The number of methoxy groups -OCH3 is 1. The highest BCUT2D eigenvalue weighted by molar-refractivity contribution is 6.31. The molecule has 1 N–H and O–H groups in total. The minimum Gasteiger partial charge on any atom is -0.493 e. The summed E-state index contributed by atoms with van der Waals surface area (Å²) in [5.74, 6) is 1.05. The first kappa shape index (κ1) is 16.9. The fourth-order valence-electron chi connectivity index (χ4n) is 2.37. The van der Waals surface area contributed by atoms with Crippen LogP contribution in [0.3, 0.4) is 0 Å². The van der Waals surface area contributed by atoms with Crippen LogP contribution in [0.4, 0.5) is 0 Å². The van der Waals surface area contributed by atoms with Gasteiger partial charge in [0.05, 0.1) is 17.7 Å². The molecule has 6 heteroatoms. The normalized spacial score (nSPS) is 11.5. The van der Waals surface area contributed by atoms with E-state index < -0.39 is 5.63 Å². The van der Waals surface area contributed by atoms with Crippen LogP contribution in [0.5, 0.6) is 11.5 Å². The third-order valence-corrected chi connectivity index (χ3v) is 4.04. The lowest BCUT2D eigenvalue weighted by atomic mass is 10.1. The van der Waals surface area contributed by atoms with Crippen molar-refractivity contribution in [2.75, 3.05) is 7.11 Å². The van der Waals surface area contributed by atoms with E-state index in [4.69, 9.17) is 25.6 Å². The molecule has 0 unspecified atom stereocenters. The van der Waals surface area contributed by atoms with Crippen LogP contribution in [-0.2, 0) is 6.61 Å². The summed E-state index contributed by atoms with van der Waals surface area (Å²) in [6.07, 6.45) is 1.65. The second kappa shape index (κ2) is 7.32. The molecule has 0 atom stereocenters. The second-order valence-corrected chi connectivity index (χ2v) is 5.69. The van der Waals surface area contributed by atoms with E-state index in [1.807, 2.05) is 30.3 Å². The number of hydrogen-bond acceptors (Lipinski definition) is 4. The molecule has 3 aromatic rings. The molecule has 0 fully saturated rings. The number of aromatic amines is 1. The maximum atomic E-state index is 11.8. The Hall–Kier alpha value is -2.92. The van der Waals surface area contributed by atoms with Gasteiger partial charge in [-0.2, -0.15) is 0 Å². The largest absolute Gasteiger partial charge is 0.493 e. The zero-order valence-corrected chi connectivity index (χ0v) is 14.3. The summed E-state index contributed by atoms with van der Waals surface area (Å²) in [6.45, 7) is 4.01.